The lowest BCUT2D eigenvalue weighted by molar-refractivity contribution is 0.0810. The van der Waals surface area contributed by atoms with Gasteiger partial charge in [0, 0.05) is 30.1 Å². The van der Waals surface area contributed by atoms with Gasteiger partial charge in [-0.05, 0) is 51.4 Å². The number of ketones is 1. The van der Waals surface area contributed by atoms with Crippen LogP contribution < -0.4 is 4.74 Å². The predicted molar refractivity (Wildman–Crippen MR) is 103 cm³/mol. The van der Waals surface area contributed by atoms with Crippen LogP contribution >= 0.6 is 0 Å². The Balaban J connectivity index is 1.67. The van der Waals surface area contributed by atoms with E-state index in [2.05, 4.69) is 4.90 Å². The van der Waals surface area contributed by atoms with Crippen molar-refractivity contribution in [2.24, 2.45) is 5.92 Å². The first-order valence-electron chi connectivity index (χ1n) is 9.33. The average molecular weight is 353 g/mol. The third kappa shape index (κ3) is 4.64. The molecule has 1 N–H and O–H groups in total. The Morgan fingerprint density at radius 3 is 2.81 bits per heavy atom. The molecule has 2 aromatic rings. The van der Waals surface area contributed by atoms with E-state index in [1.807, 2.05) is 56.3 Å². The van der Waals surface area contributed by atoms with Gasteiger partial charge >= 0.3 is 0 Å². The van der Waals surface area contributed by atoms with E-state index < -0.39 is 0 Å². The molecule has 0 aromatic heterocycles. The van der Waals surface area contributed by atoms with Gasteiger partial charge in [0.05, 0.1) is 6.10 Å². The Kier molecular flexibility index (Phi) is 5.94. The van der Waals surface area contributed by atoms with E-state index in [0.29, 0.717) is 12.3 Å². The largest absolute Gasteiger partial charge is 0.508 e. The van der Waals surface area contributed by atoms with Crippen LogP contribution in [0.5, 0.6) is 11.5 Å². The van der Waals surface area contributed by atoms with E-state index in [9.17, 15) is 9.90 Å². The second-order valence-corrected chi connectivity index (χ2v) is 7.26. The summed E-state index contributed by atoms with van der Waals surface area (Å²) < 4.78 is 5.72. The van der Waals surface area contributed by atoms with Crippen molar-refractivity contribution in [2.45, 2.75) is 39.3 Å². The van der Waals surface area contributed by atoms with E-state index in [4.69, 9.17) is 4.74 Å². The van der Waals surface area contributed by atoms with E-state index in [1.54, 1.807) is 6.07 Å². The molecular weight excluding hydrogens is 326 g/mol. The molecule has 1 aliphatic heterocycles. The van der Waals surface area contributed by atoms with Crippen molar-refractivity contribution >= 4 is 5.78 Å². The van der Waals surface area contributed by atoms with Gasteiger partial charge in [-0.1, -0.05) is 30.3 Å². The summed E-state index contributed by atoms with van der Waals surface area (Å²) in [7, 11) is 0. The lowest BCUT2D eigenvalue weighted by atomic mass is 9.89. The molecule has 138 valence electrons. The van der Waals surface area contributed by atoms with Crippen molar-refractivity contribution in [3.8, 4) is 11.5 Å². The maximum Gasteiger partial charge on any atom is 0.167 e. The number of carbonyl (C=O) groups is 1. The second kappa shape index (κ2) is 8.37. The normalized spacial score (nSPS) is 18.0. The summed E-state index contributed by atoms with van der Waals surface area (Å²) in [6, 6.07) is 14.9. The predicted octanol–water partition coefficient (Wildman–Crippen LogP) is 4.27. The number of hydrogen-bond acceptors (Lipinski definition) is 4. The fourth-order valence-electron chi connectivity index (χ4n) is 3.53. The lowest BCUT2D eigenvalue weighted by Crippen LogP contribution is -2.38. The monoisotopic (exact) mass is 353 g/mol. The first-order valence-corrected chi connectivity index (χ1v) is 9.33. The number of likely N-dealkylation sites (tertiary alicyclic amines) is 1. The highest BCUT2D eigenvalue weighted by atomic mass is 16.5. The van der Waals surface area contributed by atoms with Crippen LogP contribution in [0, 0.1) is 5.92 Å². The number of phenols is 1. The highest BCUT2D eigenvalue weighted by Crippen LogP contribution is 2.26. The molecule has 0 radical (unpaired) electrons. The molecule has 4 nitrogen and oxygen atoms in total. The highest BCUT2D eigenvalue weighted by Gasteiger charge is 2.27. The molecule has 1 unspecified atom stereocenters. The zero-order valence-electron chi connectivity index (χ0n) is 15.5. The molecular formula is C22H27NO3. The first kappa shape index (κ1) is 18.5. The standard InChI is InChI=1S/C22H27NO3/c1-16(2)26-20-10-5-8-17(13-20)22(25)19-9-6-12-23(15-19)14-18-7-3-4-11-21(18)24/h3-5,7-8,10-11,13,16,19,24H,6,9,12,14-15H2,1-2H3. The topological polar surface area (TPSA) is 49.8 Å². The number of piperidine rings is 1. The van der Waals surface area contributed by atoms with Crippen molar-refractivity contribution in [1.29, 1.82) is 0 Å². The molecule has 2 aromatic carbocycles. The molecule has 0 bridgehead atoms. The zero-order valence-corrected chi connectivity index (χ0v) is 15.5. The summed E-state index contributed by atoms with van der Waals surface area (Å²) >= 11 is 0. The minimum Gasteiger partial charge on any atom is -0.508 e. The molecule has 4 heteroatoms. The van der Waals surface area contributed by atoms with Crippen molar-refractivity contribution in [3.05, 3.63) is 59.7 Å². The number of para-hydroxylation sites is 1. The van der Waals surface area contributed by atoms with Crippen LogP contribution in [-0.2, 0) is 6.54 Å². The molecule has 1 atom stereocenters. The second-order valence-electron chi connectivity index (χ2n) is 7.26. The number of ether oxygens (including phenoxy) is 1. The number of rotatable bonds is 6. The van der Waals surface area contributed by atoms with Crippen molar-refractivity contribution in [3.63, 3.8) is 0 Å². The highest BCUT2D eigenvalue weighted by molar-refractivity contribution is 5.98. The maximum absolute atomic E-state index is 13.0. The number of carbonyl (C=O) groups excluding carboxylic acids is 1. The van der Waals surface area contributed by atoms with Gasteiger partial charge in [-0.3, -0.25) is 9.69 Å². The molecule has 1 heterocycles. The summed E-state index contributed by atoms with van der Waals surface area (Å²) in [5.74, 6) is 1.23. The Morgan fingerprint density at radius 1 is 1.23 bits per heavy atom. The van der Waals surface area contributed by atoms with E-state index in [1.165, 1.54) is 0 Å². The number of aromatic hydroxyl groups is 1. The average Bonchev–Trinajstić information content (AvgIpc) is 2.63. The molecule has 1 aliphatic rings. The number of nitrogens with zero attached hydrogens (tertiary/aromatic N) is 1. The van der Waals surface area contributed by atoms with E-state index in [0.717, 1.165) is 42.8 Å². The first-order chi connectivity index (χ1) is 12.5. The fourth-order valence-corrected chi connectivity index (χ4v) is 3.53. The van der Waals surface area contributed by atoms with Crippen LogP contribution in [0.4, 0.5) is 0 Å². The van der Waals surface area contributed by atoms with Crippen LogP contribution in [0.2, 0.25) is 0 Å². The Hall–Kier alpha value is -2.33. The fraction of sp³-hybridized carbons (Fsp3) is 0.409. The molecule has 1 saturated heterocycles. The Morgan fingerprint density at radius 2 is 2.04 bits per heavy atom. The SMILES string of the molecule is CC(C)Oc1cccc(C(=O)C2CCCN(Cc3ccccc3O)C2)c1. The van der Waals surface area contributed by atoms with Gasteiger partial charge in [-0.15, -0.1) is 0 Å². The lowest BCUT2D eigenvalue weighted by Gasteiger charge is -2.32. The summed E-state index contributed by atoms with van der Waals surface area (Å²) in [5.41, 5.74) is 1.63. The minimum absolute atomic E-state index is 0.0103. The van der Waals surface area contributed by atoms with Gasteiger partial charge in [-0.2, -0.15) is 0 Å². The van der Waals surface area contributed by atoms with Crippen LogP contribution in [0.15, 0.2) is 48.5 Å². The molecule has 0 saturated carbocycles. The van der Waals surface area contributed by atoms with E-state index in [-0.39, 0.29) is 17.8 Å². The number of benzene rings is 2. The number of hydrogen-bond donors (Lipinski definition) is 1. The van der Waals surface area contributed by atoms with Crippen LogP contribution in [0.1, 0.15) is 42.6 Å². The third-order valence-corrected chi connectivity index (χ3v) is 4.75. The minimum atomic E-state index is -0.0103. The van der Waals surface area contributed by atoms with Gasteiger partial charge in [0.1, 0.15) is 11.5 Å². The van der Waals surface area contributed by atoms with Gasteiger partial charge < -0.3 is 9.84 Å². The number of phenolic OH excluding ortho intramolecular Hbond substituents is 1. The molecule has 0 spiro atoms. The maximum atomic E-state index is 13.0. The molecule has 1 fully saturated rings. The van der Waals surface area contributed by atoms with Crippen molar-refractivity contribution in [2.75, 3.05) is 13.1 Å². The van der Waals surface area contributed by atoms with Gasteiger partial charge in [-0.25, -0.2) is 0 Å². The van der Waals surface area contributed by atoms with Gasteiger partial charge in [0.2, 0.25) is 0 Å². The molecule has 26 heavy (non-hydrogen) atoms. The van der Waals surface area contributed by atoms with Crippen molar-refractivity contribution in [1.82, 2.24) is 4.90 Å². The quantitative estimate of drug-likeness (QED) is 0.788. The van der Waals surface area contributed by atoms with E-state index >= 15 is 0 Å². The Labute approximate surface area is 155 Å². The smallest absolute Gasteiger partial charge is 0.167 e. The van der Waals surface area contributed by atoms with Gasteiger partial charge in [0.25, 0.3) is 0 Å². The summed E-state index contributed by atoms with van der Waals surface area (Å²) in [6.45, 7) is 6.31. The molecule has 0 aliphatic carbocycles. The van der Waals surface area contributed by atoms with Crippen LogP contribution in [0.25, 0.3) is 0 Å². The molecule has 0 amide bonds. The molecule has 3 rings (SSSR count). The third-order valence-electron chi connectivity index (χ3n) is 4.75. The van der Waals surface area contributed by atoms with Gasteiger partial charge in [0.15, 0.2) is 5.78 Å². The van der Waals surface area contributed by atoms with Crippen LogP contribution in [-0.4, -0.2) is 35.0 Å². The summed E-state index contributed by atoms with van der Waals surface area (Å²) in [4.78, 5) is 15.2. The number of Topliss-reactive ketones (excluding diaryl/α,β-unsaturated/α-hetero) is 1. The van der Waals surface area contributed by atoms with Crippen LogP contribution in [0.3, 0.4) is 0 Å². The zero-order chi connectivity index (χ0) is 18.5. The Bertz CT molecular complexity index is 757. The summed E-state index contributed by atoms with van der Waals surface area (Å²) in [6.07, 6.45) is 1.99. The van der Waals surface area contributed by atoms with Crippen molar-refractivity contribution < 1.29 is 14.6 Å². The summed E-state index contributed by atoms with van der Waals surface area (Å²) in [5, 5.41) is 9.99.